The van der Waals surface area contributed by atoms with E-state index >= 15 is 0 Å². The normalized spacial score (nSPS) is 30.1. The van der Waals surface area contributed by atoms with E-state index in [1.807, 2.05) is 17.7 Å². The molecular weight excluding hydrogens is 350 g/mol. The van der Waals surface area contributed by atoms with Gasteiger partial charge in [0.2, 0.25) is 0 Å². The van der Waals surface area contributed by atoms with Gasteiger partial charge in [-0.15, -0.1) is 0 Å². The molecule has 0 amide bonds. The van der Waals surface area contributed by atoms with Gasteiger partial charge >= 0.3 is 0 Å². The summed E-state index contributed by atoms with van der Waals surface area (Å²) in [6, 6.07) is 1.76. The van der Waals surface area contributed by atoms with Crippen LogP contribution in [0.3, 0.4) is 0 Å². The molecule has 0 aliphatic carbocycles. The average Bonchev–Trinajstić information content (AvgIpc) is 3.18. The highest BCUT2D eigenvalue weighted by Crippen LogP contribution is 2.50. The Kier molecular flexibility index (Phi) is 3.73. The molecule has 2 aliphatic heterocycles. The van der Waals surface area contributed by atoms with Crippen molar-refractivity contribution in [1.82, 2.24) is 24.5 Å². The Morgan fingerprint density at radius 2 is 2.04 bits per heavy atom. The predicted molar refractivity (Wildman–Crippen MR) is 93.6 cm³/mol. The van der Waals surface area contributed by atoms with Gasteiger partial charge in [-0.05, 0) is 13.0 Å². The third-order valence-electron chi connectivity index (χ3n) is 5.48. The van der Waals surface area contributed by atoms with Gasteiger partial charge in [-0.25, -0.2) is 19.9 Å². The highest BCUT2D eigenvalue weighted by molar-refractivity contribution is 5.93. The summed E-state index contributed by atoms with van der Waals surface area (Å²) in [6.07, 6.45) is 5.10. The Bertz CT molecular complexity index is 988. The van der Waals surface area contributed by atoms with Crippen molar-refractivity contribution in [2.45, 2.75) is 37.4 Å². The van der Waals surface area contributed by atoms with E-state index in [2.05, 4.69) is 19.9 Å². The van der Waals surface area contributed by atoms with E-state index < -0.39 is 24.0 Å². The van der Waals surface area contributed by atoms with Crippen molar-refractivity contribution in [1.29, 1.82) is 0 Å². The van der Waals surface area contributed by atoms with Crippen molar-refractivity contribution in [3.05, 3.63) is 36.7 Å². The van der Waals surface area contributed by atoms with Gasteiger partial charge in [-0.2, -0.15) is 0 Å². The first-order valence-corrected chi connectivity index (χ1v) is 8.83. The lowest BCUT2D eigenvalue weighted by Crippen LogP contribution is -2.56. The zero-order valence-corrected chi connectivity index (χ0v) is 14.7. The van der Waals surface area contributed by atoms with E-state index in [-0.39, 0.29) is 6.61 Å². The van der Waals surface area contributed by atoms with Gasteiger partial charge in [0.15, 0.2) is 12.1 Å². The third kappa shape index (κ3) is 2.26. The molecular formula is C18H19N5O4. The van der Waals surface area contributed by atoms with Gasteiger partial charge in [0.05, 0.1) is 24.3 Å². The van der Waals surface area contributed by atoms with E-state index in [1.54, 1.807) is 18.5 Å². The minimum Gasteiger partial charge on any atom is -0.394 e. The second kappa shape index (κ2) is 6.03. The van der Waals surface area contributed by atoms with Crippen molar-refractivity contribution in [3.8, 4) is 11.4 Å². The smallest absolute Gasteiger partial charge is 0.167 e. The summed E-state index contributed by atoms with van der Waals surface area (Å²) >= 11 is 0. The molecule has 2 fully saturated rings. The Labute approximate surface area is 154 Å². The molecule has 140 valence electrons. The van der Waals surface area contributed by atoms with Crippen molar-refractivity contribution in [2.75, 3.05) is 13.2 Å². The molecule has 5 rings (SSSR count). The maximum atomic E-state index is 10.7. The summed E-state index contributed by atoms with van der Waals surface area (Å²) in [4.78, 5) is 17.5. The van der Waals surface area contributed by atoms with Crippen LogP contribution in [0.2, 0.25) is 0 Å². The van der Waals surface area contributed by atoms with Crippen molar-refractivity contribution in [3.63, 3.8) is 0 Å². The molecule has 3 aromatic heterocycles. The number of rotatable bonds is 3. The second-order valence-corrected chi connectivity index (χ2v) is 6.89. The molecule has 1 spiro atoms. The molecule has 0 radical (unpaired) electrons. The Morgan fingerprint density at radius 3 is 2.70 bits per heavy atom. The van der Waals surface area contributed by atoms with Gasteiger partial charge in [0.1, 0.15) is 29.8 Å². The van der Waals surface area contributed by atoms with Crippen LogP contribution in [0, 0.1) is 6.92 Å². The minimum atomic E-state index is -0.918. The quantitative estimate of drug-likeness (QED) is 0.690. The van der Waals surface area contributed by atoms with Gasteiger partial charge in [0.25, 0.3) is 0 Å². The zero-order valence-electron chi connectivity index (χ0n) is 14.7. The molecule has 0 bridgehead atoms. The first-order valence-electron chi connectivity index (χ1n) is 8.83. The maximum Gasteiger partial charge on any atom is 0.167 e. The fourth-order valence-electron chi connectivity index (χ4n) is 4.05. The lowest BCUT2D eigenvalue weighted by molar-refractivity contribution is -0.225. The Balaban J connectivity index is 1.72. The topological polar surface area (TPSA) is 115 Å². The number of fused-ring (bicyclic) bond motifs is 1. The van der Waals surface area contributed by atoms with E-state index in [0.29, 0.717) is 24.5 Å². The fraction of sp³-hybridized carbons (Fsp3) is 0.444. The van der Waals surface area contributed by atoms with Crippen LogP contribution < -0.4 is 0 Å². The molecule has 0 unspecified atom stereocenters. The molecule has 9 nitrogen and oxygen atoms in total. The summed E-state index contributed by atoms with van der Waals surface area (Å²) in [7, 11) is 0. The standard InChI is InChI=1S/C18H19N5O4/c1-10-13-11(15-19-4-2-5-20-15)7-23(16(13)22-9-21-10)17-18(3-6-26-18)14(25)12(8-24)27-17/h2,4-5,7,9,12,14,17,24-25H,3,6,8H2,1H3/t12-,14-,17-,18-/m1/s1. The average molecular weight is 369 g/mol. The molecule has 2 N–H and O–H groups in total. The zero-order chi connectivity index (χ0) is 18.6. The van der Waals surface area contributed by atoms with Crippen LogP contribution in [0.5, 0.6) is 0 Å². The number of aliphatic hydroxyl groups is 2. The summed E-state index contributed by atoms with van der Waals surface area (Å²) < 4.78 is 13.6. The number of hydrogen-bond acceptors (Lipinski definition) is 8. The third-order valence-corrected chi connectivity index (χ3v) is 5.48. The van der Waals surface area contributed by atoms with E-state index in [0.717, 1.165) is 16.6 Å². The van der Waals surface area contributed by atoms with Crippen molar-refractivity contribution < 1.29 is 19.7 Å². The van der Waals surface area contributed by atoms with Gasteiger partial charge < -0.3 is 24.3 Å². The number of hydrogen-bond donors (Lipinski definition) is 2. The highest BCUT2D eigenvalue weighted by atomic mass is 16.6. The molecule has 0 saturated carbocycles. The molecule has 2 saturated heterocycles. The molecule has 9 heteroatoms. The first-order chi connectivity index (χ1) is 13.2. The SMILES string of the molecule is Cc1ncnc2c1c(-c1ncccn1)cn2[C@@H]1O[C@H](CO)[C@@H](O)[C@]12CCO2. The minimum absolute atomic E-state index is 0.287. The van der Waals surface area contributed by atoms with Crippen LogP contribution >= 0.6 is 0 Å². The summed E-state index contributed by atoms with van der Waals surface area (Å²) in [5.74, 6) is 0.556. The van der Waals surface area contributed by atoms with Crippen LogP contribution in [0.15, 0.2) is 31.0 Å². The van der Waals surface area contributed by atoms with E-state index in [1.165, 1.54) is 6.33 Å². The summed E-state index contributed by atoms with van der Waals surface area (Å²) in [5, 5.41) is 21.1. The lowest BCUT2D eigenvalue weighted by Gasteiger charge is -2.44. The van der Waals surface area contributed by atoms with Gasteiger partial charge in [-0.3, -0.25) is 0 Å². The Morgan fingerprint density at radius 1 is 1.26 bits per heavy atom. The molecule has 0 aromatic carbocycles. The first kappa shape index (κ1) is 16.7. The van der Waals surface area contributed by atoms with Crippen LogP contribution in [-0.2, 0) is 9.47 Å². The van der Waals surface area contributed by atoms with Crippen LogP contribution in [-0.4, -0.2) is 65.7 Å². The molecule has 4 atom stereocenters. The van der Waals surface area contributed by atoms with Crippen molar-refractivity contribution in [2.24, 2.45) is 0 Å². The highest BCUT2D eigenvalue weighted by Gasteiger charge is 2.61. The van der Waals surface area contributed by atoms with Gasteiger partial charge in [-0.1, -0.05) is 0 Å². The summed E-state index contributed by atoms with van der Waals surface area (Å²) in [5.41, 5.74) is 1.33. The molecule has 3 aromatic rings. The van der Waals surface area contributed by atoms with Crippen molar-refractivity contribution >= 4 is 11.0 Å². The number of nitrogens with zero attached hydrogens (tertiary/aromatic N) is 5. The van der Waals surface area contributed by atoms with Gasteiger partial charge in [0, 0.05) is 30.6 Å². The second-order valence-electron chi connectivity index (χ2n) is 6.89. The predicted octanol–water partition coefficient (Wildman–Crippen LogP) is 0.606. The number of aromatic nitrogens is 5. The number of aliphatic hydroxyl groups excluding tert-OH is 2. The number of ether oxygens (including phenoxy) is 2. The van der Waals surface area contributed by atoms with E-state index in [9.17, 15) is 10.2 Å². The van der Waals surface area contributed by atoms with Crippen LogP contribution in [0.1, 0.15) is 18.3 Å². The fourth-order valence-corrected chi connectivity index (χ4v) is 4.05. The van der Waals surface area contributed by atoms with E-state index in [4.69, 9.17) is 9.47 Å². The lowest BCUT2D eigenvalue weighted by atomic mass is 9.86. The molecule has 27 heavy (non-hydrogen) atoms. The number of aryl methyl sites for hydroxylation is 1. The maximum absolute atomic E-state index is 10.7. The largest absolute Gasteiger partial charge is 0.394 e. The van der Waals surface area contributed by atoms with Crippen LogP contribution in [0.25, 0.3) is 22.4 Å². The molecule has 2 aliphatic rings. The monoisotopic (exact) mass is 369 g/mol. The molecule has 5 heterocycles. The van der Waals surface area contributed by atoms with Crippen LogP contribution in [0.4, 0.5) is 0 Å². The summed E-state index contributed by atoms with van der Waals surface area (Å²) in [6.45, 7) is 2.15. The Hall–Kier alpha value is -2.46.